The number of likely N-dealkylation sites (tertiary alicyclic amines) is 1. The molecule has 1 aromatic rings. The topological polar surface area (TPSA) is 20.3 Å². The van der Waals surface area contributed by atoms with Gasteiger partial charge in [0, 0.05) is 17.6 Å². The van der Waals surface area contributed by atoms with E-state index in [2.05, 4.69) is 25.7 Å². The first kappa shape index (κ1) is 16.8. The summed E-state index contributed by atoms with van der Waals surface area (Å²) in [6, 6.07) is 8.11. The standard InChI is InChI=1S/C20H28ClNO/c1-18(2)10-16-11-20(5,12-18)13-22(16)17(23)19(3,4)14-7-6-8-15(21)9-14/h6-9,16H,10-13H2,1-5H3. The van der Waals surface area contributed by atoms with Gasteiger partial charge in [0.05, 0.1) is 5.41 Å². The minimum absolute atomic E-state index is 0.242. The van der Waals surface area contributed by atoms with Gasteiger partial charge in [0.2, 0.25) is 5.91 Å². The van der Waals surface area contributed by atoms with Gasteiger partial charge < -0.3 is 4.90 Å². The van der Waals surface area contributed by atoms with Crippen molar-refractivity contribution in [3.05, 3.63) is 34.9 Å². The zero-order chi connectivity index (χ0) is 17.0. The van der Waals surface area contributed by atoms with Crippen LogP contribution in [0, 0.1) is 10.8 Å². The van der Waals surface area contributed by atoms with Crippen molar-refractivity contribution in [3.63, 3.8) is 0 Å². The van der Waals surface area contributed by atoms with Gasteiger partial charge >= 0.3 is 0 Å². The Kier molecular flexibility index (Phi) is 3.83. The molecule has 0 spiro atoms. The summed E-state index contributed by atoms with van der Waals surface area (Å²) in [6.45, 7) is 12.0. The number of halogens is 1. The third kappa shape index (κ3) is 3.03. The lowest BCUT2D eigenvalue weighted by molar-refractivity contribution is -0.137. The summed E-state index contributed by atoms with van der Waals surface area (Å²) in [7, 11) is 0. The van der Waals surface area contributed by atoms with E-state index in [0.717, 1.165) is 24.9 Å². The van der Waals surface area contributed by atoms with Gasteiger partial charge in [-0.05, 0) is 61.6 Å². The summed E-state index contributed by atoms with van der Waals surface area (Å²) in [6.07, 6.45) is 3.46. The maximum absolute atomic E-state index is 13.4. The Morgan fingerprint density at radius 2 is 1.96 bits per heavy atom. The Labute approximate surface area is 145 Å². The molecule has 1 heterocycles. The summed E-state index contributed by atoms with van der Waals surface area (Å²) < 4.78 is 0. The SMILES string of the molecule is CC1(C)CC2CC(C)(CN2C(=O)C(C)(C)c2cccc(Cl)c2)C1. The lowest BCUT2D eigenvalue weighted by atomic mass is 9.65. The highest BCUT2D eigenvalue weighted by Gasteiger charge is 2.52. The zero-order valence-corrected chi connectivity index (χ0v) is 15.7. The van der Waals surface area contributed by atoms with Crippen LogP contribution in [0.2, 0.25) is 5.02 Å². The second kappa shape index (κ2) is 5.24. The number of hydrogen-bond acceptors (Lipinski definition) is 1. The first-order valence-corrected chi connectivity index (χ1v) is 8.97. The van der Waals surface area contributed by atoms with E-state index in [0.29, 0.717) is 16.5 Å². The molecule has 0 aromatic heterocycles. The van der Waals surface area contributed by atoms with Crippen LogP contribution in [0.5, 0.6) is 0 Å². The fourth-order valence-corrected chi connectivity index (χ4v) is 5.25. The fraction of sp³-hybridized carbons (Fsp3) is 0.650. The van der Waals surface area contributed by atoms with Crippen LogP contribution in [-0.2, 0) is 10.2 Å². The molecule has 1 saturated carbocycles. The quantitative estimate of drug-likeness (QED) is 0.742. The van der Waals surface area contributed by atoms with Gasteiger partial charge in [-0.1, -0.05) is 44.5 Å². The average molecular weight is 334 g/mol. The van der Waals surface area contributed by atoms with E-state index < -0.39 is 5.41 Å². The highest BCUT2D eigenvalue weighted by molar-refractivity contribution is 6.30. The molecule has 2 fully saturated rings. The van der Waals surface area contributed by atoms with E-state index >= 15 is 0 Å². The number of fused-ring (bicyclic) bond motifs is 2. The van der Waals surface area contributed by atoms with Gasteiger partial charge in [0.15, 0.2) is 0 Å². The van der Waals surface area contributed by atoms with Crippen LogP contribution in [0.25, 0.3) is 0 Å². The molecule has 126 valence electrons. The smallest absolute Gasteiger partial charge is 0.232 e. The van der Waals surface area contributed by atoms with Gasteiger partial charge in [0.1, 0.15) is 0 Å². The summed E-state index contributed by atoms with van der Waals surface area (Å²) in [5.41, 5.74) is 1.06. The van der Waals surface area contributed by atoms with Crippen molar-refractivity contribution < 1.29 is 4.79 Å². The summed E-state index contributed by atoms with van der Waals surface area (Å²) >= 11 is 6.14. The molecule has 1 aromatic carbocycles. The van der Waals surface area contributed by atoms with Crippen LogP contribution in [0.15, 0.2) is 24.3 Å². The largest absolute Gasteiger partial charge is 0.338 e. The molecule has 3 rings (SSSR count). The summed E-state index contributed by atoms with van der Waals surface area (Å²) in [5.74, 6) is 0.242. The van der Waals surface area contributed by atoms with Gasteiger partial charge in [0.25, 0.3) is 0 Å². The van der Waals surface area contributed by atoms with Gasteiger partial charge in [-0.3, -0.25) is 4.79 Å². The highest BCUT2D eigenvalue weighted by atomic mass is 35.5. The van der Waals surface area contributed by atoms with Gasteiger partial charge in [-0.25, -0.2) is 0 Å². The number of carbonyl (C=O) groups is 1. The number of rotatable bonds is 2. The van der Waals surface area contributed by atoms with E-state index in [9.17, 15) is 4.79 Å². The van der Waals surface area contributed by atoms with E-state index in [1.807, 2.05) is 38.1 Å². The number of nitrogens with zero attached hydrogens (tertiary/aromatic N) is 1. The molecule has 3 heteroatoms. The number of hydrogen-bond donors (Lipinski definition) is 0. The first-order valence-electron chi connectivity index (χ1n) is 8.60. The number of amides is 1. The summed E-state index contributed by atoms with van der Waals surface area (Å²) in [5, 5.41) is 0.691. The lowest BCUT2D eigenvalue weighted by Gasteiger charge is -2.40. The molecule has 2 bridgehead atoms. The molecule has 1 saturated heterocycles. The molecule has 2 nitrogen and oxygen atoms in total. The highest BCUT2D eigenvalue weighted by Crippen LogP contribution is 2.53. The lowest BCUT2D eigenvalue weighted by Crippen LogP contribution is -2.46. The van der Waals surface area contributed by atoms with E-state index in [1.54, 1.807) is 0 Å². The molecule has 0 radical (unpaired) electrons. The normalized spacial score (nSPS) is 29.7. The van der Waals surface area contributed by atoms with Crippen LogP contribution < -0.4 is 0 Å². The van der Waals surface area contributed by atoms with Crippen molar-refractivity contribution in [2.24, 2.45) is 10.8 Å². The molecule has 2 aliphatic rings. The van der Waals surface area contributed by atoms with Crippen molar-refractivity contribution in [1.29, 1.82) is 0 Å². The average Bonchev–Trinajstić information content (AvgIpc) is 2.67. The predicted octanol–water partition coefficient (Wildman–Crippen LogP) is 5.04. The number of benzene rings is 1. The molecular formula is C20H28ClNO. The van der Waals surface area contributed by atoms with E-state index in [1.165, 1.54) is 6.42 Å². The van der Waals surface area contributed by atoms with Gasteiger partial charge in [-0.2, -0.15) is 0 Å². The zero-order valence-electron chi connectivity index (χ0n) is 14.9. The first-order chi connectivity index (χ1) is 10.5. The van der Waals surface area contributed by atoms with Crippen LogP contribution in [0.1, 0.15) is 59.4 Å². The number of carbonyl (C=O) groups excluding carboxylic acids is 1. The van der Waals surface area contributed by atoms with Crippen molar-refractivity contribution >= 4 is 17.5 Å². The predicted molar refractivity (Wildman–Crippen MR) is 95.7 cm³/mol. The van der Waals surface area contributed by atoms with Crippen LogP contribution >= 0.6 is 11.6 Å². The maximum Gasteiger partial charge on any atom is 0.232 e. The fourth-order valence-electron chi connectivity index (χ4n) is 5.06. The Morgan fingerprint density at radius 1 is 1.26 bits per heavy atom. The maximum atomic E-state index is 13.4. The molecule has 0 N–H and O–H groups in total. The van der Waals surface area contributed by atoms with Gasteiger partial charge in [-0.15, -0.1) is 0 Å². The van der Waals surface area contributed by atoms with Crippen LogP contribution in [0.3, 0.4) is 0 Å². The Morgan fingerprint density at radius 3 is 2.61 bits per heavy atom. The summed E-state index contributed by atoms with van der Waals surface area (Å²) in [4.78, 5) is 15.5. The Balaban J connectivity index is 1.89. The third-order valence-electron chi connectivity index (χ3n) is 5.76. The van der Waals surface area contributed by atoms with E-state index in [4.69, 9.17) is 11.6 Å². The molecule has 2 atom stereocenters. The van der Waals surface area contributed by atoms with E-state index in [-0.39, 0.29) is 11.3 Å². The second-order valence-corrected chi connectivity index (χ2v) is 9.72. The van der Waals surface area contributed by atoms with Crippen molar-refractivity contribution in [1.82, 2.24) is 4.90 Å². The molecule has 1 aliphatic heterocycles. The Hall–Kier alpha value is -1.02. The van der Waals surface area contributed by atoms with Crippen molar-refractivity contribution in [2.45, 2.75) is 65.3 Å². The minimum Gasteiger partial charge on any atom is -0.338 e. The molecule has 1 amide bonds. The monoisotopic (exact) mass is 333 g/mol. The molecule has 23 heavy (non-hydrogen) atoms. The van der Waals surface area contributed by atoms with Crippen molar-refractivity contribution in [3.8, 4) is 0 Å². The van der Waals surface area contributed by atoms with Crippen LogP contribution in [-0.4, -0.2) is 23.4 Å². The molecular weight excluding hydrogens is 306 g/mol. The molecule has 1 aliphatic carbocycles. The Bertz CT molecular complexity index is 636. The minimum atomic E-state index is -0.539. The van der Waals surface area contributed by atoms with Crippen LogP contribution in [0.4, 0.5) is 0 Å². The van der Waals surface area contributed by atoms with Crippen molar-refractivity contribution in [2.75, 3.05) is 6.54 Å². The second-order valence-electron chi connectivity index (χ2n) is 9.28. The third-order valence-corrected chi connectivity index (χ3v) is 5.99. The molecule has 2 unspecified atom stereocenters.